The molecule has 0 bridgehead atoms. The molecule has 0 aromatic heterocycles. The molecule has 1 N–H and O–H groups in total. The molecule has 0 fully saturated rings. The van der Waals surface area contributed by atoms with Crippen molar-refractivity contribution in [1.29, 1.82) is 0 Å². The van der Waals surface area contributed by atoms with Gasteiger partial charge >= 0.3 is 0 Å². The smallest absolute Gasteiger partial charge is 0.161 e. The summed E-state index contributed by atoms with van der Waals surface area (Å²) < 4.78 is 16.2. The average molecular weight is 357 g/mol. The first-order valence-electron chi connectivity index (χ1n) is 8.95. The number of hydrogen-bond acceptors (Lipinski definition) is 5. The van der Waals surface area contributed by atoms with Crippen molar-refractivity contribution in [3.8, 4) is 11.5 Å². The third-order valence-corrected chi connectivity index (χ3v) is 4.71. The highest BCUT2D eigenvalue weighted by atomic mass is 16.5. The highest BCUT2D eigenvalue weighted by molar-refractivity contribution is 5.42. The second-order valence-corrected chi connectivity index (χ2v) is 6.61. The van der Waals surface area contributed by atoms with E-state index in [2.05, 4.69) is 29.2 Å². The second-order valence-electron chi connectivity index (χ2n) is 6.61. The summed E-state index contributed by atoms with van der Waals surface area (Å²) in [6, 6.07) is 14.2. The number of rotatable bonds is 8. The second kappa shape index (κ2) is 9.03. The van der Waals surface area contributed by atoms with Crippen LogP contribution in [0.2, 0.25) is 0 Å². The highest BCUT2D eigenvalue weighted by Gasteiger charge is 2.18. The molecule has 1 aliphatic heterocycles. The first-order chi connectivity index (χ1) is 12.7. The number of hydrogen-bond donors (Lipinski definition) is 1. The van der Waals surface area contributed by atoms with Crippen LogP contribution in [0.25, 0.3) is 0 Å². The minimum atomic E-state index is -0.500. The summed E-state index contributed by atoms with van der Waals surface area (Å²) in [6.45, 7) is 3.24. The highest BCUT2D eigenvalue weighted by Crippen LogP contribution is 2.27. The fraction of sp³-hybridized carbons (Fsp3) is 0.429. The first kappa shape index (κ1) is 18.7. The van der Waals surface area contributed by atoms with Gasteiger partial charge in [-0.1, -0.05) is 30.3 Å². The molecular weight excluding hydrogens is 330 g/mol. The van der Waals surface area contributed by atoms with Crippen molar-refractivity contribution < 1.29 is 19.3 Å². The number of nitrogens with zero attached hydrogens (tertiary/aromatic N) is 1. The van der Waals surface area contributed by atoms with Gasteiger partial charge in [-0.15, -0.1) is 0 Å². The van der Waals surface area contributed by atoms with Gasteiger partial charge < -0.3 is 19.3 Å². The van der Waals surface area contributed by atoms with Crippen LogP contribution in [-0.2, 0) is 24.3 Å². The number of β-amino-alcohol motifs (C(OH)–C–C–N with tert-alkyl or cyclic N) is 1. The molecule has 2 aromatic rings. The van der Waals surface area contributed by atoms with E-state index < -0.39 is 6.10 Å². The van der Waals surface area contributed by atoms with Crippen molar-refractivity contribution in [2.24, 2.45) is 0 Å². The van der Waals surface area contributed by atoms with Gasteiger partial charge in [-0.05, 0) is 35.2 Å². The number of ether oxygens (including phenoxy) is 3. The number of aliphatic hydroxyl groups is 1. The van der Waals surface area contributed by atoms with E-state index in [1.807, 2.05) is 18.2 Å². The summed E-state index contributed by atoms with van der Waals surface area (Å²) in [5, 5.41) is 10.3. The quantitative estimate of drug-likeness (QED) is 0.787. The fourth-order valence-corrected chi connectivity index (χ4v) is 3.34. The van der Waals surface area contributed by atoms with E-state index in [4.69, 9.17) is 14.2 Å². The molecule has 2 aromatic carbocycles. The van der Waals surface area contributed by atoms with Crippen LogP contribution in [0.15, 0.2) is 42.5 Å². The topological polar surface area (TPSA) is 51.2 Å². The van der Waals surface area contributed by atoms with Crippen molar-refractivity contribution in [2.75, 3.05) is 33.9 Å². The van der Waals surface area contributed by atoms with Crippen LogP contribution < -0.4 is 9.47 Å². The van der Waals surface area contributed by atoms with Crippen LogP contribution >= 0.6 is 0 Å². The van der Waals surface area contributed by atoms with E-state index in [-0.39, 0.29) is 0 Å². The van der Waals surface area contributed by atoms with E-state index in [1.165, 1.54) is 11.1 Å². The Kier molecular flexibility index (Phi) is 6.50. The van der Waals surface area contributed by atoms with Crippen LogP contribution in [0.5, 0.6) is 11.5 Å². The third-order valence-electron chi connectivity index (χ3n) is 4.71. The fourth-order valence-electron chi connectivity index (χ4n) is 3.34. The van der Waals surface area contributed by atoms with E-state index in [9.17, 15) is 5.11 Å². The normalized spacial score (nSPS) is 15.3. The van der Waals surface area contributed by atoms with Crippen molar-refractivity contribution in [3.05, 3.63) is 59.2 Å². The summed E-state index contributed by atoms with van der Waals surface area (Å²) >= 11 is 0. The Bertz CT molecular complexity index is 719. The molecular formula is C21H27NO4. The number of aliphatic hydroxyl groups excluding tert-OH is 1. The van der Waals surface area contributed by atoms with E-state index in [0.717, 1.165) is 25.1 Å². The minimum Gasteiger partial charge on any atom is -0.493 e. The molecule has 5 nitrogen and oxygen atoms in total. The lowest BCUT2D eigenvalue weighted by Gasteiger charge is -2.30. The Morgan fingerprint density at radius 1 is 1.04 bits per heavy atom. The summed E-state index contributed by atoms with van der Waals surface area (Å²) in [5.74, 6) is 1.38. The number of fused-ring (bicyclic) bond motifs is 1. The van der Waals surface area contributed by atoms with Crippen molar-refractivity contribution in [2.45, 2.75) is 25.7 Å². The molecule has 1 heterocycles. The van der Waals surface area contributed by atoms with Gasteiger partial charge in [0.15, 0.2) is 11.5 Å². The van der Waals surface area contributed by atoms with Gasteiger partial charge in [0.25, 0.3) is 0 Å². The van der Waals surface area contributed by atoms with E-state index in [0.29, 0.717) is 31.3 Å². The predicted molar refractivity (Wildman–Crippen MR) is 101 cm³/mol. The zero-order valence-electron chi connectivity index (χ0n) is 15.5. The van der Waals surface area contributed by atoms with Gasteiger partial charge in [0.1, 0.15) is 0 Å². The molecule has 0 spiro atoms. The summed E-state index contributed by atoms with van der Waals surface area (Å²) in [5.41, 5.74) is 3.77. The summed E-state index contributed by atoms with van der Waals surface area (Å²) in [7, 11) is 3.23. The van der Waals surface area contributed by atoms with Gasteiger partial charge in [0.05, 0.1) is 33.5 Å². The molecule has 3 rings (SSSR count). The van der Waals surface area contributed by atoms with Crippen LogP contribution in [0.3, 0.4) is 0 Å². The first-order valence-corrected chi connectivity index (χ1v) is 8.95. The zero-order chi connectivity index (χ0) is 18.4. The maximum atomic E-state index is 10.3. The summed E-state index contributed by atoms with van der Waals surface area (Å²) in [6.07, 6.45) is 0.537. The number of methoxy groups -OCH3 is 2. The van der Waals surface area contributed by atoms with Gasteiger partial charge in [0, 0.05) is 19.6 Å². The van der Waals surface area contributed by atoms with Crippen molar-refractivity contribution >= 4 is 0 Å². The van der Waals surface area contributed by atoms with Crippen LogP contribution in [-0.4, -0.2) is 50.0 Å². The Hall–Kier alpha value is -2.08. The lowest BCUT2D eigenvalue weighted by atomic mass is 10.00. The average Bonchev–Trinajstić information content (AvgIpc) is 2.67. The Labute approximate surface area is 155 Å². The monoisotopic (exact) mass is 357 g/mol. The standard InChI is InChI=1S/C21H27NO4/c1-24-20-8-7-16(11-21(20)25-2)14-26-15-19(23)13-22-10-9-17-5-3-4-6-18(17)12-22/h3-8,11,19,23H,9-10,12-15H2,1-2H3/t19-/m0/s1. The molecule has 0 amide bonds. The largest absolute Gasteiger partial charge is 0.493 e. The molecule has 0 aliphatic carbocycles. The van der Waals surface area contributed by atoms with Crippen LogP contribution in [0, 0.1) is 0 Å². The lowest BCUT2D eigenvalue weighted by molar-refractivity contribution is 0.00770. The molecule has 0 radical (unpaired) electrons. The Balaban J connectivity index is 1.44. The number of benzene rings is 2. The zero-order valence-corrected chi connectivity index (χ0v) is 15.5. The molecule has 0 saturated heterocycles. The molecule has 0 saturated carbocycles. The molecule has 26 heavy (non-hydrogen) atoms. The Morgan fingerprint density at radius 3 is 2.58 bits per heavy atom. The van der Waals surface area contributed by atoms with Gasteiger partial charge in [0.2, 0.25) is 0 Å². The van der Waals surface area contributed by atoms with E-state index >= 15 is 0 Å². The maximum absolute atomic E-state index is 10.3. The van der Waals surface area contributed by atoms with Crippen LogP contribution in [0.1, 0.15) is 16.7 Å². The summed E-state index contributed by atoms with van der Waals surface area (Å²) in [4.78, 5) is 2.28. The molecule has 140 valence electrons. The molecule has 5 heteroatoms. The maximum Gasteiger partial charge on any atom is 0.161 e. The predicted octanol–water partition coefficient (Wildman–Crippen LogP) is 2.64. The molecule has 1 atom stereocenters. The van der Waals surface area contributed by atoms with Gasteiger partial charge in [-0.2, -0.15) is 0 Å². The van der Waals surface area contributed by atoms with E-state index in [1.54, 1.807) is 14.2 Å². The lowest BCUT2D eigenvalue weighted by Crippen LogP contribution is -2.38. The minimum absolute atomic E-state index is 0.312. The van der Waals surface area contributed by atoms with Gasteiger partial charge in [-0.3, -0.25) is 4.90 Å². The van der Waals surface area contributed by atoms with Gasteiger partial charge in [-0.25, -0.2) is 0 Å². The molecule has 1 aliphatic rings. The SMILES string of the molecule is COc1ccc(COC[C@@H](O)CN2CCc3ccccc3C2)cc1OC. The Morgan fingerprint density at radius 2 is 1.81 bits per heavy atom. The molecule has 0 unspecified atom stereocenters. The van der Waals surface area contributed by atoms with Crippen molar-refractivity contribution in [1.82, 2.24) is 4.90 Å². The van der Waals surface area contributed by atoms with Crippen LogP contribution in [0.4, 0.5) is 0 Å². The van der Waals surface area contributed by atoms with Crippen molar-refractivity contribution in [3.63, 3.8) is 0 Å². The third kappa shape index (κ3) is 4.75.